The molecule has 1 aromatic heterocycles. The van der Waals surface area contributed by atoms with E-state index in [1.807, 2.05) is 13.8 Å². The molecule has 0 saturated carbocycles. The van der Waals surface area contributed by atoms with E-state index in [0.717, 1.165) is 0 Å². The highest BCUT2D eigenvalue weighted by atomic mass is 32.1. The molecule has 0 bridgehead atoms. The second kappa shape index (κ2) is 12.2. The van der Waals surface area contributed by atoms with Crippen LogP contribution in [0.25, 0.3) is 0 Å². The fraction of sp³-hybridized carbons (Fsp3) is 0.636. The molecular formula is C22H33N3O7S. The first kappa shape index (κ1) is 26.9. The van der Waals surface area contributed by atoms with Crippen molar-refractivity contribution in [2.24, 2.45) is 5.92 Å². The number of hydrogen-bond donors (Lipinski definition) is 3. The van der Waals surface area contributed by atoms with Crippen LogP contribution in [-0.4, -0.2) is 81.3 Å². The second-order valence-electron chi connectivity index (χ2n) is 8.55. The summed E-state index contributed by atoms with van der Waals surface area (Å²) in [6.07, 6.45) is 0.431. The first-order chi connectivity index (χ1) is 15.6. The molecule has 3 amide bonds. The van der Waals surface area contributed by atoms with Gasteiger partial charge >= 0.3 is 0 Å². The van der Waals surface area contributed by atoms with E-state index < -0.39 is 41.4 Å². The van der Waals surface area contributed by atoms with Crippen molar-refractivity contribution in [3.63, 3.8) is 0 Å². The Kier molecular flexibility index (Phi) is 9.96. The number of nitrogens with one attached hydrogen (secondary N) is 3. The lowest BCUT2D eigenvalue weighted by Gasteiger charge is -2.26. The molecule has 2 rings (SSSR count). The van der Waals surface area contributed by atoms with Crippen molar-refractivity contribution in [2.45, 2.75) is 50.9 Å². The van der Waals surface area contributed by atoms with E-state index in [0.29, 0.717) is 17.9 Å². The Balaban J connectivity index is 2.07. The Morgan fingerprint density at radius 2 is 1.58 bits per heavy atom. The van der Waals surface area contributed by atoms with Crippen molar-refractivity contribution in [3.05, 3.63) is 22.4 Å². The van der Waals surface area contributed by atoms with Gasteiger partial charge in [-0.1, -0.05) is 19.9 Å². The molecule has 2 heterocycles. The van der Waals surface area contributed by atoms with Crippen molar-refractivity contribution in [3.8, 4) is 0 Å². The molecule has 0 aliphatic carbocycles. The van der Waals surface area contributed by atoms with Crippen LogP contribution < -0.4 is 16.0 Å². The first-order valence-electron chi connectivity index (χ1n) is 10.7. The maximum absolute atomic E-state index is 13.0. The second-order valence-corrected chi connectivity index (χ2v) is 9.50. The fourth-order valence-electron chi connectivity index (χ4n) is 3.20. The number of hydrogen-bond acceptors (Lipinski definition) is 8. The Morgan fingerprint density at radius 1 is 1.03 bits per heavy atom. The molecule has 11 heteroatoms. The molecule has 0 radical (unpaired) electrons. The van der Waals surface area contributed by atoms with E-state index in [1.54, 1.807) is 24.4 Å². The average molecular weight is 484 g/mol. The molecule has 1 saturated heterocycles. The molecule has 1 aliphatic rings. The van der Waals surface area contributed by atoms with Crippen molar-refractivity contribution in [1.29, 1.82) is 0 Å². The largest absolute Gasteiger partial charge is 0.382 e. The van der Waals surface area contributed by atoms with E-state index in [4.69, 9.17) is 14.2 Å². The summed E-state index contributed by atoms with van der Waals surface area (Å²) in [5, 5.41) is 9.70. The van der Waals surface area contributed by atoms with Crippen molar-refractivity contribution in [1.82, 2.24) is 16.0 Å². The monoisotopic (exact) mass is 483 g/mol. The summed E-state index contributed by atoms with van der Waals surface area (Å²) in [6.45, 7) is 5.69. The Bertz CT molecular complexity index is 824. The number of Topliss-reactive ketones (excluding diaryl/α,β-unsaturated/α-hetero) is 1. The van der Waals surface area contributed by atoms with Crippen LogP contribution in [-0.2, 0) is 28.6 Å². The Labute approximate surface area is 197 Å². The number of methoxy groups -OCH3 is 2. The van der Waals surface area contributed by atoms with Crippen LogP contribution in [0, 0.1) is 5.92 Å². The summed E-state index contributed by atoms with van der Waals surface area (Å²) < 4.78 is 15.4. The van der Waals surface area contributed by atoms with Gasteiger partial charge in [-0.3, -0.25) is 19.2 Å². The molecule has 1 unspecified atom stereocenters. The van der Waals surface area contributed by atoms with Gasteiger partial charge in [0.2, 0.25) is 11.8 Å². The van der Waals surface area contributed by atoms with Gasteiger partial charge in [-0.05, 0) is 30.7 Å². The molecule has 1 aromatic rings. The van der Waals surface area contributed by atoms with Crippen LogP contribution in [0.15, 0.2) is 17.5 Å². The quantitative estimate of drug-likeness (QED) is 0.328. The molecule has 4 atom stereocenters. The summed E-state index contributed by atoms with van der Waals surface area (Å²) in [6, 6.07) is 0.513. The normalized spacial score (nSPS) is 19.9. The standard InChI is InChI=1S/C22H33N3O7S/c1-13(2)9-14(18(26)22(3)12-32-22)23-19(27)15(10-30-4)24-20(28)16(11-31-5)25-21(29)17-7-6-8-33-17/h6-8,13-16H,9-12H2,1-5H3,(H,23,27)(H,24,28)(H,25,29)/t14-,15-,16?,22+/m0/s1. The zero-order valence-corrected chi connectivity index (χ0v) is 20.5. The van der Waals surface area contributed by atoms with E-state index in [9.17, 15) is 19.2 Å². The molecule has 0 spiro atoms. The number of carbonyl (C=O) groups excluding carboxylic acids is 4. The summed E-state index contributed by atoms with van der Waals surface area (Å²) in [5.74, 6) is -1.64. The fourth-order valence-corrected chi connectivity index (χ4v) is 3.83. The SMILES string of the molecule is COCC(NC(=O)c1cccs1)C(=O)N[C@@H](COC)C(=O)N[C@@H](CC(C)C)C(=O)[C@@]1(C)CO1. The average Bonchev–Trinajstić information content (AvgIpc) is 3.27. The number of rotatable bonds is 14. The van der Waals surface area contributed by atoms with E-state index >= 15 is 0 Å². The highest BCUT2D eigenvalue weighted by Crippen LogP contribution is 2.29. The van der Waals surface area contributed by atoms with Crippen molar-refractivity contribution in [2.75, 3.05) is 34.0 Å². The zero-order valence-electron chi connectivity index (χ0n) is 19.6. The molecule has 3 N–H and O–H groups in total. The number of amides is 3. The zero-order chi connectivity index (χ0) is 24.6. The smallest absolute Gasteiger partial charge is 0.262 e. The van der Waals surface area contributed by atoms with Crippen LogP contribution >= 0.6 is 11.3 Å². The number of epoxide rings is 1. The Hall–Kier alpha value is -2.34. The van der Waals surface area contributed by atoms with Gasteiger partial charge in [0, 0.05) is 14.2 Å². The van der Waals surface area contributed by atoms with Gasteiger partial charge in [0.1, 0.15) is 17.7 Å². The highest BCUT2D eigenvalue weighted by Gasteiger charge is 2.50. The maximum Gasteiger partial charge on any atom is 0.262 e. The number of carbonyl (C=O) groups is 4. The van der Waals surface area contributed by atoms with E-state index in [-0.39, 0.29) is 24.9 Å². The van der Waals surface area contributed by atoms with Gasteiger partial charge in [0.15, 0.2) is 5.78 Å². The number of ether oxygens (including phenoxy) is 3. The third-order valence-electron chi connectivity index (χ3n) is 5.11. The van der Waals surface area contributed by atoms with Gasteiger partial charge in [0.05, 0.1) is 30.7 Å². The predicted molar refractivity (Wildman–Crippen MR) is 122 cm³/mol. The van der Waals surface area contributed by atoms with Gasteiger partial charge in [-0.15, -0.1) is 11.3 Å². The van der Waals surface area contributed by atoms with Gasteiger partial charge in [-0.2, -0.15) is 0 Å². The van der Waals surface area contributed by atoms with Gasteiger partial charge in [0.25, 0.3) is 5.91 Å². The van der Waals surface area contributed by atoms with Crippen LogP contribution in [0.1, 0.15) is 36.9 Å². The van der Waals surface area contributed by atoms with Crippen LogP contribution in [0.4, 0.5) is 0 Å². The molecule has 10 nitrogen and oxygen atoms in total. The topological polar surface area (TPSA) is 135 Å². The third kappa shape index (κ3) is 7.88. The summed E-state index contributed by atoms with van der Waals surface area (Å²) in [4.78, 5) is 51.5. The Morgan fingerprint density at radius 3 is 2.03 bits per heavy atom. The summed E-state index contributed by atoms with van der Waals surface area (Å²) in [7, 11) is 2.80. The molecule has 1 fully saturated rings. The minimum atomic E-state index is -1.07. The number of ketones is 1. The van der Waals surface area contributed by atoms with Crippen LogP contribution in [0.2, 0.25) is 0 Å². The van der Waals surface area contributed by atoms with Crippen molar-refractivity contribution < 1.29 is 33.4 Å². The predicted octanol–water partition coefficient (Wildman–Crippen LogP) is 0.513. The lowest BCUT2D eigenvalue weighted by atomic mass is 9.93. The van der Waals surface area contributed by atoms with Gasteiger partial charge in [-0.25, -0.2) is 0 Å². The van der Waals surface area contributed by atoms with Crippen molar-refractivity contribution >= 4 is 34.8 Å². The van der Waals surface area contributed by atoms with Crippen LogP contribution in [0.3, 0.4) is 0 Å². The lowest BCUT2D eigenvalue weighted by molar-refractivity contribution is -0.134. The highest BCUT2D eigenvalue weighted by molar-refractivity contribution is 7.12. The molecule has 184 valence electrons. The minimum Gasteiger partial charge on any atom is -0.382 e. The van der Waals surface area contributed by atoms with Gasteiger partial charge < -0.3 is 30.2 Å². The minimum absolute atomic E-state index is 0.0889. The molecule has 1 aliphatic heterocycles. The van der Waals surface area contributed by atoms with E-state index in [2.05, 4.69) is 16.0 Å². The first-order valence-corrected chi connectivity index (χ1v) is 11.6. The molecular weight excluding hydrogens is 450 g/mol. The van der Waals surface area contributed by atoms with Crippen LogP contribution in [0.5, 0.6) is 0 Å². The lowest BCUT2D eigenvalue weighted by Crippen LogP contribution is -2.58. The number of thiophene rings is 1. The maximum atomic E-state index is 13.0. The molecule has 0 aromatic carbocycles. The molecule has 33 heavy (non-hydrogen) atoms. The third-order valence-corrected chi connectivity index (χ3v) is 5.97. The summed E-state index contributed by atoms with van der Waals surface area (Å²) >= 11 is 1.24. The summed E-state index contributed by atoms with van der Waals surface area (Å²) in [5.41, 5.74) is -0.886. The van der Waals surface area contributed by atoms with E-state index in [1.165, 1.54) is 25.6 Å².